The molecule has 0 unspecified atom stereocenters. The third-order valence-corrected chi connectivity index (χ3v) is 4.35. The van der Waals surface area contributed by atoms with Crippen LogP contribution in [0.25, 0.3) is 0 Å². The Morgan fingerprint density at radius 3 is 2.43 bits per heavy atom. The van der Waals surface area contributed by atoms with E-state index in [1.807, 2.05) is 31.1 Å². The second kappa shape index (κ2) is 6.58. The number of rotatable bonds is 5. The fourth-order valence-electron chi connectivity index (χ4n) is 1.83. The van der Waals surface area contributed by atoms with E-state index < -0.39 is 0 Å². The Labute approximate surface area is 128 Å². The molecular formula is C15H20N4OS. The van der Waals surface area contributed by atoms with Gasteiger partial charge >= 0.3 is 0 Å². The highest BCUT2D eigenvalue weighted by Gasteiger charge is 2.16. The second-order valence-corrected chi connectivity index (χ2v) is 5.94. The number of hydrogen-bond acceptors (Lipinski definition) is 5. The fourth-order valence-corrected chi connectivity index (χ4v) is 2.65. The smallest absolute Gasteiger partial charge is 0.265 e. The number of hydrogen-bond donors (Lipinski definition) is 2. The van der Waals surface area contributed by atoms with E-state index in [4.69, 9.17) is 5.73 Å². The number of carbonyl (C=O) groups is 1. The number of nitrogens with zero attached hydrogens (tertiary/aromatic N) is 2. The van der Waals surface area contributed by atoms with Crippen LogP contribution in [0.3, 0.4) is 0 Å². The minimum atomic E-state index is -0.183. The molecule has 112 valence electrons. The van der Waals surface area contributed by atoms with Gasteiger partial charge in [-0.05, 0) is 17.5 Å². The maximum Gasteiger partial charge on any atom is 0.265 e. The Hall–Kier alpha value is -2.08. The van der Waals surface area contributed by atoms with E-state index in [2.05, 4.69) is 29.4 Å². The number of aryl methyl sites for hydroxylation is 1. The molecule has 0 aliphatic rings. The predicted octanol–water partition coefficient (Wildman–Crippen LogP) is 2.28. The van der Waals surface area contributed by atoms with Gasteiger partial charge in [-0.3, -0.25) is 4.79 Å². The zero-order valence-corrected chi connectivity index (χ0v) is 13.3. The first-order valence-electron chi connectivity index (χ1n) is 6.81. The van der Waals surface area contributed by atoms with E-state index in [9.17, 15) is 4.79 Å². The van der Waals surface area contributed by atoms with Gasteiger partial charge in [0.1, 0.15) is 10.7 Å². The Bertz CT molecular complexity index is 619. The topological polar surface area (TPSA) is 71.2 Å². The van der Waals surface area contributed by atoms with E-state index in [-0.39, 0.29) is 11.7 Å². The van der Waals surface area contributed by atoms with Crippen LogP contribution in [-0.2, 0) is 13.0 Å². The highest BCUT2D eigenvalue weighted by molar-refractivity contribution is 7.18. The first-order chi connectivity index (χ1) is 10.0. The largest absolute Gasteiger partial charge is 0.382 e. The summed E-state index contributed by atoms with van der Waals surface area (Å²) < 4.78 is 0. The van der Waals surface area contributed by atoms with Gasteiger partial charge in [-0.25, -0.2) is 4.98 Å². The molecular weight excluding hydrogens is 284 g/mol. The number of aromatic nitrogens is 1. The van der Waals surface area contributed by atoms with E-state index in [0.717, 1.165) is 17.1 Å². The summed E-state index contributed by atoms with van der Waals surface area (Å²) in [6.45, 7) is 2.60. The molecule has 1 amide bonds. The molecule has 0 aliphatic carbocycles. The van der Waals surface area contributed by atoms with Gasteiger partial charge in [-0.2, -0.15) is 0 Å². The normalized spacial score (nSPS) is 10.4. The van der Waals surface area contributed by atoms with Gasteiger partial charge in [-0.1, -0.05) is 42.5 Å². The molecule has 0 aliphatic heterocycles. The lowest BCUT2D eigenvalue weighted by molar-refractivity contribution is 0.0955. The van der Waals surface area contributed by atoms with Gasteiger partial charge in [0, 0.05) is 20.6 Å². The quantitative estimate of drug-likeness (QED) is 0.889. The average molecular weight is 304 g/mol. The molecule has 0 bridgehead atoms. The molecule has 1 aromatic heterocycles. The van der Waals surface area contributed by atoms with E-state index >= 15 is 0 Å². The van der Waals surface area contributed by atoms with Gasteiger partial charge in [0.15, 0.2) is 5.13 Å². The number of nitrogen functional groups attached to an aromatic ring is 1. The zero-order valence-electron chi connectivity index (χ0n) is 12.5. The van der Waals surface area contributed by atoms with Crippen LogP contribution in [0.2, 0.25) is 0 Å². The van der Waals surface area contributed by atoms with Crippen molar-refractivity contribution in [1.82, 2.24) is 10.3 Å². The number of thiazole rings is 1. The van der Waals surface area contributed by atoms with Crippen LogP contribution in [0.4, 0.5) is 10.9 Å². The Kier molecular flexibility index (Phi) is 4.80. The molecule has 2 rings (SSSR count). The van der Waals surface area contributed by atoms with Crippen molar-refractivity contribution in [3.8, 4) is 0 Å². The summed E-state index contributed by atoms with van der Waals surface area (Å²) in [5.41, 5.74) is 8.15. The van der Waals surface area contributed by atoms with Crippen LogP contribution < -0.4 is 16.0 Å². The average Bonchev–Trinajstić information content (AvgIpc) is 2.87. The third-order valence-electron chi connectivity index (χ3n) is 3.12. The molecule has 2 aromatic rings. The second-order valence-electron chi connectivity index (χ2n) is 4.96. The van der Waals surface area contributed by atoms with Gasteiger partial charge in [0.2, 0.25) is 0 Å². The molecule has 0 saturated heterocycles. The number of benzene rings is 1. The maximum atomic E-state index is 12.2. The van der Waals surface area contributed by atoms with E-state index in [1.165, 1.54) is 16.9 Å². The first kappa shape index (κ1) is 15.3. The number of nitrogens with two attached hydrogens (primary N) is 1. The van der Waals surface area contributed by atoms with Crippen LogP contribution in [-0.4, -0.2) is 25.0 Å². The first-order valence-corrected chi connectivity index (χ1v) is 7.62. The van der Waals surface area contributed by atoms with Crippen molar-refractivity contribution in [2.75, 3.05) is 24.7 Å². The molecule has 0 radical (unpaired) electrons. The molecule has 0 spiro atoms. The van der Waals surface area contributed by atoms with Crippen molar-refractivity contribution in [2.45, 2.75) is 19.9 Å². The van der Waals surface area contributed by atoms with E-state index in [1.54, 1.807) is 0 Å². The molecule has 6 heteroatoms. The van der Waals surface area contributed by atoms with Crippen molar-refractivity contribution in [2.24, 2.45) is 0 Å². The maximum absolute atomic E-state index is 12.2. The predicted molar refractivity (Wildman–Crippen MR) is 87.8 cm³/mol. The zero-order chi connectivity index (χ0) is 15.4. The van der Waals surface area contributed by atoms with Gasteiger partial charge < -0.3 is 16.0 Å². The monoisotopic (exact) mass is 304 g/mol. The summed E-state index contributed by atoms with van der Waals surface area (Å²) in [6.07, 6.45) is 1.01. The van der Waals surface area contributed by atoms with Crippen LogP contribution >= 0.6 is 11.3 Å². The van der Waals surface area contributed by atoms with Crippen molar-refractivity contribution < 1.29 is 4.79 Å². The number of carbonyl (C=O) groups excluding carboxylic acids is 1. The summed E-state index contributed by atoms with van der Waals surface area (Å²) in [5, 5.41) is 3.61. The van der Waals surface area contributed by atoms with Crippen LogP contribution in [0.5, 0.6) is 0 Å². The number of amides is 1. The fraction of sp³-hybridized carbons (Fsp3) is 0.333. The highest BCUT2D eigenvalue weighted by atomic mass is 32.1. The summed E-state index contributed by atoms with van der Waals surface area (Å²) in [5.74, 6) is 0.0974. The van der Waals surface area contributed by atoms with Crippen molar-refractivity contribution in [1.29, 1.82) is 0 Å². The van der Waals surface area contributed by atoms with Crippen molar-refractivity contribution in [3.63, 3.8) is 0 Å². The van der Waals surface area contributed by atoms with Gasteiger partial charge in [0.05, 0.1) is 0 Å². The van der Waals surface area contributed by atoms with Crippen LogP contribution in [0.1, 0.15) is 27.7 Å². The Morgan fingerprint density at radius 1 is 1.29 bits per heavy atom. The summed E-state index contributed by atoms with van der Waals surface area (Å²) >= 11 is 1.29. The lowest BCUT2D eigenvalue weighted by Crippen LogP contribution is -2.22. The lowest BCUT2D eigenvalue weighted by Gasteiger charge is -2.06. The van der Waals surface area contributed by atoms with Crippen molar-refractivity contribution >= 4 is 28.2 Å². The number of anilines is 2. The molecule has 0 fully saturated rings. The van der Waals surface area contributed by atoms with Gasteiger partial charge in [-0.15, -0.1) is 0 Å². The lowest BCUT2D eigenvalue weighted by atomic mass is 10.1. The minimum absolute atomic E-state index is 0.183. The van der Waals surface area contributed by atoms with Crippen LogP contribution in [0.15, 0.2) is 24.3 Å². The molecule has 5 nitrogen and oxygen atoms in total. The molecule has 0 atom stereocenters. The molecule has 3 N–H and O–H groups in total. The molecule has 1 aromatic carbocycles. The summed E-state index contributed by atoms with van der Waals surface area (Å²) in [4.78, 5) is 18.6. The van der Waals surface area contributed by atoms with E-state index in [0.29, 0.717) is 11.4 Å². The molecule has 21 heavy (non-hydrogen) atoms. The Morgan fingerprint density at radius 2 is 1.90 bits per heavy atom. The molecule has 0 saturated carbocycles. The number of nitrogens with one attached hydrogen (secondary N) is 1. The van der Waals surface area contributed by atoms with Gasteiger partial charge in [0.25, 0.3) is 5.91 Å². The minimum Gasteiger partial charge on any atom is -0.382 e. The van der Waals surface area contributed by atoms with Crippen molar-refractivity contribution in [3.05, 3.63) is 40.3 Å². The summed E-state index contributed by atoms with van der Waals surface area (Å²) in [6, 6.07) is 8.21. The Balaban J connectivity index is 2.01. The molecule has 1 heterocycles. The summed E-state index contributed by atoms with van der Waals surface area (Å²) in [7, 11) is 3.74. The standard InChI is InChI=1S/C15H20N4OS/c1-4-10-5-7-11(8-6-10)9-17-14(20)12-13(16)18-15(21-12)19(2)3/h5-8H,4,9,16H2,1-3H3,(H,17,20). The third kappa shape index (κ3) is 3.72. The highest BCUT2D eigenvalue weighted by Crippen LogP contribution is 2.26. The SMILES string of the molecule is CCc1ccc(CNC(=O)c2sc(N(C)C)nc2N)cc1. The van der Waals surface area contributed by atoms with Crippen LogP contribution in [0, 0.1) is 0 Å².